The normalized spacial score (nSPS) is 26.5. The van der Waals surface area contributed by atoms with Crippen molar-refractivity contribution in [2.45, 2.75) is 82.8 Å². The van der Waals surface area contributed by atoms with Crippen LogP contribution in [0.1, 0.15) is 69.8 Å². The monoisotopic (exact) mass is 577 g/mol. The summed E-state index contributed by atoms with van der Waals surface area (Å²) in [6.07, 6.45) is 1.48. The maximum absolute atomic E-state index is 14.0. The Morgan fingerprint density at radius 1 is 1.05 bits per heavy atom. The molecule has 0 bridgehead atoms. The van der Waals surface area contributed by atoms with Gasteiger partial charge in [0.15, 0.2) is 11.5 Å². The van der Waals surface area contributed by atoms with Crippen molar-refractivity contribution in [3.8, 4) is 28.7 Å². The standard InChI is InChI=1S/C33H39NO8/c1-17(2)23-12-21-22(40-23)10-9-19-29(21)41-27-16-39-24-13-26(38-8)25(37-7)11-20(24)28(27)30(19)42-31(35)18-14-32(3,4)34(36)33(5,6)15-18/h9-11,13-14,23,27-28,30,36H,1,12,15-16H2,2-8H3/t23-,27-,28+,30-/m1/s1. The van der Waals surface area contributed by atoms with Gasteiger partial charge in [0.1, 0.15) is 42.2 Å². The van der Waals surface area contributed by atoms with Crippen LogP contribution in [0.5, 0.6) is 28.7 Å². The number of fused-ring (bicyclic) bond motifs is 6. The number of rotatable bonds is 5. The first kappa shape index (κ1) is 28.4. The molecular weight excluding hydrogens is 538 g/mol. The second-order valence-electron chi connectivity index (χ2n) is 12.8. The topological polar surface area (TPSA) is 95.9 Å². The molecule has 0 saturated carbocycles. The van der Waals surface area contributed by atoms with Crippen molar-refractivity contribution >= 4 is 5.97 Å². The van der Waals surface area contributed by atoms with Crippen LogP contribution in [0.25, 0.3) is 0 Å². The van der Waals surface area contributed by atoms with Gasteiger partial charge < -0.3 is 33.6 Å². The van der Waals surface area contributed by atoms with Crippen LogP contribution in [-0.4, -0.2) is 60.4 Å². The predicted octanol–water partition coefficient (Wildman–Crippen LogP) is 5.68. The lowest BCUT2D eigenvalue weighted by Crippen LogP contribution is -2.56. The highest BCUT2D eigenvalue weighted by Crippen LogP contribution is 2.55. The summed E-state index contributed by atoms with van der Waals surface area (Å²) in [5.41, 5.74) is 2.56. The molecule has 4 heterocycles. The highest BCUT2D eigenvalue weighted by atomic mass is 16.6. The summed E-state index contributed by atoms with van der Waals surface area (Å²) < 4.78 is 36.7. The van der Waals surface area contributed by atoms with E-state index in [9.17, 15) is 10.0 Å². The number of hydroxylamine groups is 2. The molecular formula is C33H39NO8. The molecule has 1 N–H and O–H groups in total. The Kier molecular flexibility index (Phi) is 6.74. The molecule has 0 saturated heterocycles. The Labute approximate surface area is 246 Å². The average Bonchev–Trinajstić information content (AvgIpc) is 3.40. The Balaban J connectivity index is 1.46. The number of hydrogen-bond donors (Lipinski definition) is 1. The van der Waals surface area contributed by atoms with E-state index in [0.29, 0.717) is 41.4 Å². The Morgan fingerprint density at radius 3 is 2.43 bits per heavy atom. The number of benzene rings is 2. The molecule has 0 fully saturated rings. The van der Waals surface area contributed by atoms with Gasteiger partial charge in [0, 0.05) is 40.3 Å². The van der Waals surface area contributed by atoms with Gasteiger partial charge in [-0.25, -0.2) is 4.79 Å². The molecule has 2 aromatic rings. The van der Waals surface area contributed by atoms with Gasteiger partial charge in [0.2, 0.25) is 0 Å². The smallest absolute Gasteiger partial charge is 0.334 e. The predicted molar refractivity (Wildman–Crippen MR) is 155 cm³/mol. The fourth-order valence-electron chi connectivity index (χ4n) is 6.82. The van der Waals surface area contributed by atoms with E-state index < -0.39 is 29.3 Å². The highest BCUT2D eigenvalue weighted by Gasteiger charge is 2.49. The number of ether oxygens (including phenoxy) is 6. The van der Waals surface area contributed by atoms with Crippen LogP contribution in [0.3, 0.4) is 0 Å². The Hall–Kier alpha value is -3.69. The second-order valence-corrected chi connectivity index (χ2v) is 12.8. The van der Waals surface area contributed by atoms with E-state index >= 15 is 0 Å². The van der Waals surface area contributed by atoms with Crippen LogP contribution in [0.2, 0.25) is 0 Å². The maximum atomic E-state index is 14.0. The third kappa shape index (κ3) is 4.50. The van der Waals surface area contributed by atoms with Crippen LogP contribution in [0, 0.1) is 0 Å². The molecule has 0 amide bonds. The van der Waals surface area contributed by atoms with Crippen molar-refractivity contribution < 1.29 is 38.4 Å². The van der Waals surface area contributed by atoms with Crippen LogP contribution >= 0.6 is 0 Å². The third-order valence-electron chi connectivity index (χ3n) is 8.80. The van der Waals surface area contributed by atoms with Crippen LogP contribution in [0.4, 0.5) is 0 Å². The molecule has 6 rings (SSSR count). The zero-order chi connectivity index (χ0) is 30.1. The van der Waals surface area contributed by atoms with Crippen molar-refractivity contribution in [3.63, 3.8) is 0 Å². The van der Waals surface area contributed by atoms with Crippen molar-refractivity contribution in [2.24, 2.45) is 0 Å². The van der Waals surface area contributed by atoms with Gasteiger partial charge in [-0.05, 0) is 64.8 Å². The molecule has 4 atom stereocenters. The van der Waals surface area contributed by atoms with Crippen LogP contribution in [-0.2, 0) is 16.0 Å². The van der Waals surface area contributed by atoms with Crippen molar-refractivity contribution in [1.29, 1.82) is 0 Å². The number of esters is 1. The van der Waals surface area contributed by atoms with Gasteiger partial charge in [-0.15, -0.1) is 0 Å². The van der Waals surface area contributed by atoms with Gasteiger partial charge >= 0.3 is 5.97 Å². The minimum absolute atomic E-state index is 0.146. The molecule has 0 aliphatic carbocycles. The number of methoxy groups -OCH3 is 2. The molecule has 0 spiro atoms. The molecule has 4 aliphatic rings. The van der Waals surface area contributed by atoms with E-state index in [-0.39, 0.29) is 18.6 Å². The van der Waals surface area contributed by atoms with Gasteiger partial charge in [-0.1, -0.05) is 12.7 Å². The lowest BCUT2D eigenvalue weighted by atomic mass is 9.79. The van der Waals surface area contributed by atoms with Crippen molar-refractivity contribution in [1.82, 2.24) is 5.06 Å². The first-order valence-corrected chi connectivity index (χ1v) is 14.3. The van der Waals surface area contributed by atoms with E-state index in [2.05, 4.69) is 6.58 Å². The summed E-state index contributed by atoms with van der Waals surface area (Å²) >= 11 is 0. The van der Waals surface area contributed by atoms with Crippen molar-refractivity contribution in [3.05, 3.63) is 64.8 Å². The fraction of sp³-hybridized carbons (Fsp3) is 0.485. The summed E-state index contributed by atoms with van der Waals surface area (Å²) in [5.74, 6) is 2.34. The van der Waals surface area contributed by atoms with E-state index in [1.165, 1.54) is 5.06 Å². The van der Waals surface area contributed by atoms with Gasteiger partial charge in [0.05, 0.1) is 25.7 Å². The van der Waals surface area contributed by atoms with E-state index in [0.717, 1.165) is 28.0 Å². The van der Waals surface area contributed by atoms with Crippen LogP contribution in [0.15, 0.2) is 48.1 Å². The number of hydrogen-bond acceptors (Lipinski definition) is 9. The minimum Gasteiger partial charge on any atom is -0.493 e. The van der Waals surface area contributed by atoms with Gasteiger partial charge in [0.25, 0.3) is 0 Å². The lowest BCUT2D eigenvalue weighted by Gasteiger charge is -2.47. The molecule has 0 radical (unpaired) electrons. The molecule has 4 aliphatic heterocycles. The molecule has 42 heavy (non-hydrogen) atoms. The lowest BCUT2D eigenvalue weighted by molar-refractivity contribution is -0.215. The van der Waals surface area contributed by atoms with Crippen molar-refractivity contribution in [2.75, 3.05) is 20.8 Å². The molecule has 9 heteroatoms. The summed E-state index contributed by atoms with van der Waals surface area (Å²) in [5, 5.41) is 12.1. The minimum atomic E-state index is -0.753. The Morgan fingerprint density at radius 2 is 1.76 bits per heavy atom. The number of carbonyl (C=O) groups excluding carboxylic acids is 1. The Bertz CT molecular complexity index is 1490. The second kappa shape index (κ2) is 9.95. The number of carbonyl (C=O) groups is 1. The molecule has 9 nitrogen and oxygen atoms in total. The zero-order valence-corrected chi connectivity index (χ0v) is 25.3. The first-order chi connectivity index (χ1) is 19.8. The maximum Gasteiger partial charge on any atom is 0.334 e. The zero-order valence-electron chi connectivity index (χ0n) is 25.3. The van der Waals surface area contributed by atoms with E-state index in [4.69, 9.17) is 28.4 Å². The van der Waals surface area contributed by atoms with E-state index in [1.807, 2.05) is 52.8 Å². The molecule has 2 aromatic carbocycles. The summed E-state index contributed by atoms with van der Waals surface area (Å²) in [6.45, 7) is 13.9. The highest BCUT2D eigenvalue weighted by molar-refractivity contribution is 5.89. The largest absolute Gasteiger partial charge is 0.493 e. The average molecular weight is 578 g/mol. The van der Waals surface area contributed by atoms with Gasteiger partial charge in [-0.3, -0.25) is 0 Å². The SMILES string of the molecule is C=C(C)[C@H]1Cc2c(ccc3c2O[C@@H]2COc4cc(OC)c(OC)cc4[C@@H]2[C@@H]3OC(=O)C2=CC(C)(C)N(O)C(C)(C)C2)O1. The summed E-state index contributed by atoms with van der Waals surface area (Å²) in [4.78, 5) is 14.0. The van der Waals surface area contributed by atoms with Gasteiger partial charge in [-0.2, -0.15) is 5.06 Å². The first-order valence-electron chi connectivity index (χ1n) is 14.3. The third-order valence-corrected chi connectivity index (χ3v) is 8.80. The summed E-state index contributed by atoms with van der Waals surface area (Å²) in [7, 11) is 3.16. The molecule has 224 valence electrons. The molecule has 0 aromatic heterocycles. The van der Waals surface area contributed by atoms with Crippen LogP contribution < -0.4 is 23.7 Å². The number of nitrogens with zero attached hydrogens (tertiary/aromatic N) is 1. The fourth-order valence-corrected chi connectivity index (χ4v) is 6.82. The molecule has 0 unspecified atom stereocenters. The quantitative estimate of drug-likeness (QED) is 0.356. The summed E-state index contributed by atoms with van der Waals surface area (Å²) in [6, 6.07) is 7.53. The van der Waals surface area contributed by atoms with E-state index in [1.54, 1.807) is 26.4 Å².